The third-order valence-electron chi connectivity index (χ3n) is 5.88. The van der Waals surface area contributed by atoms with Crippen LogP contribution < -0.4 is 4.90 Å². The van der Waals surface area contributed by atoms with E-state index >= 15 is 0 Å². The molecule has 0 saturated heterocycles. The summed E-state index contributed by atoms with van der Waals surface area (Å²) in [5.41, 5.74) is 1.24. The van der Waals surface area contributed by atoms with Gasteiger partial charge in [0.1, 0.15) is 0 Å². The SMILES string of the molecule is COC(=O)C1(C(=O)OC)Cc2ccccc2N(C)C1c1ccc2ccccc2c1. The van der Waals surface area contributed by atoms with Gasteiger partial charge in [0.2, 0.25) is 0 Å². The number of para-hydroxylation sites is 1. The lowest BCUT2D eigenvalue weighted by molar-refractivity contribution is -0.171. The van der Waals surface area contributed by atoms with E-state index in [1.54, 1.807) is 0 Å². The fourth-order valence-electron chi connectivity index (χ4n) is 4.57. The summed E-state index contributed by atoms with van der Waals surface area (Å²) < 4.78 is 10.3. The van der Waals surface area contributed by atoms with E-state index in [2.05, 4.69) is 0 Å². The first-order valence-corrected chi connectivity index (χ1v) is 9.49. The van der Waals surface area contributed by atoms with Crippen LogP contribution >= 0.6 is 0 Å². The van der Waals surface area contributed by atoms with E-state index in [-0.39, 0.29) is 6.42 Å². The fraction of sp³-hybridized carbons (Fsp3) is 0.250. The molecular weight excluding hydrogens is 366 g/mol. The summed E-state index contributed by atoms with van der Waals surface area (Å²) in [6, 6.07) is 21.3. The molecule has 0 bridgehead atoms. The molecule has 3 aromatic rings. The number of carbonyl (C=O) groups excluding carboxylic acids is 2. The van der Waals surface area contributed by atoms with Crippen molar-refractivity contribution in [1.29, 1.82) is 0 Å². The second kappa shape index (κ2) is 7.24. The Morgan fingerprint density at radius 1 is 0.897 bits per heavy atom. The largest absolute Gasteiger partial charge is 0.468 e. The molecule has 1 heterocycles. The van der Waals surface area contributed by atoms with Crippen LogP contribution in [0.4, 0.5) is 5.69 Å². The Hall–Kier alpha value is -3.34. The highest BCUT2D eigenvalue weighted by Crippen LogP contribution is 2.50. The van der Waals surface area contributed by atoms with Crippen molar-refractivity contribution in [2.24, 2.45) is 5.41 Å². The molecule has 0 N–H and O–H groups in total. The van der Waals surface area contributed by atoms with Crippen molar-refractivity contribution in [1.82, 2.24) is 0 Å². The lowest BCUT2D eigenvalue weighted by atomic mass is 9.68. The number of hydrogen-bond acceptors (Lipinski definition) is 5. The van der Waals surface area contributed by atoms with Crippen molar-refractivity contribution in [3.63, 3.8) is 0 Å². The van der Waals surface area contributed by atoms with Crippen LogP contribution in [0.15, 0.2) is 66.7 Å². The van der Waals surface area contributed by atoms with Crippen molar-refractivity contribution in [2.75, 3.05) is 26.2 Å². The van der Waals surface area contributed by atoms with E-state index in [4.69, 9.17) is 9.47 Å². The predicted octanol–water partition coefficient (Wildman–Crippen LogP) is 3.91. The monoisotopic (exact) mass is 389 g/mol. The minimum atomic E-state index is -1.50. The second-order valence-electron chi connectivity index (χ2n) is 7.38. The minimum absolute atomic E-state index is 0.213. The molecule has 0 spiro atoms. The number of benzene rings is 3. The predicted molar refractivity (Wildman–Crippen MR) is 112 cm³/mol. The molecule has 3 aromatic carbocycles. The standard InChI is InChI=1S/C24H23NO4/c1-25-20-11-7-6-10-19(20)15-24(22(26)28-2,23(27)29-3)21(25)18-13-12-16-8-4-5-9-17(16)14-18/h4-14,21H,15H2,1-3H3. The Morgan fingerprint density at radius 3 is 2.21 bits per heavy atom. The summed E-state index contributed by atoms with van der Waals surface area (Å²) in [5, 5.41) is 2.14. The molecule has 1 aliphatic rings. The van der Waals surface area contributed by atoms with Gasteiger partial charge in [0.15, 0.2) is 5.41 Å². The average Bonchev–Trinajstić information content (AvgIpc) is 2.77. The van der Waals surface area contributed by atoms with E-state index in [1.807, 2.05) is 78.7 Å². The third kappa shape index (κ3) is 2.85. The Bertz CT molecular complexity index is 1070. The van der Waals surface area contributed by atoms with Crippen molar-refractivity contribution < 1.29 is 19.1 Å². The van der Waals surface area contributed by atoms with E-state index < -0.39 is 23.4 Å². The Kier molecular flexibility index (Phi) is 4.74. The summed E-state index contributed by atoms with van der Waals surface area (Å²) >= 11 is 0. The molecular formula is C24H23NO4. The number of nitrogens with zero attached hydrogens (tertiary/aromatic N) is 1. The van der Waals surface area contributed by atoms with Crippen LogP contribution in [0.2, 0.25) is 0 Å². The van der Waals surface area contributed by atoms with Gasteiger partial charge >= 0.3 is 11.9 Å². The van der Waals surface area contributed by atoms with E-state index in [0.29, 0.717) is 0 Å². The van der Waals surface area contributed by atoms with Crippen molar-refractivity contribution >= 4 is 28.4 Å². The summed E-state index contributed by atoms with van der Waals surface area (Å²) in [6.45, 7) is 0. The number of rotatable bonds is 3. The zero-order valence-corrected chi connectivity index (χ0v) is 16.7. The van der Waals surface area contributed by atoms with Gasteiger partial charge in [-0.3, -0.25) is 9.59 Å². The maximum absolute atomic E-state index is 13.1. The summed E-state index contributed by atoms with van der Waals surface area (Å²) in [5.74, 6) is -1.19. The van der Waals surface area contributed by atoms with Crippen LogP contribution in [0.25, 0.3) is 10.8 Å². The molecule has 0 saturated carbocycles. The molecule has 1 aliphatic heterocycles. The smallest absolute Gasteiger partial charge is 0.326 e. The zero-order valence-electron chi connectivity index (χ0n) is 16.7. The van der Waals surface area contributed by atoms with E-state index in [0.717, 1.165) is 27.6 Å². The van der Waals surface area contributed by atoms with Crippen LogP contribution in [0.1, 0.15) is 17.2 Å². The summed E-state index contributed by atoms with van der Waals surface area (Å²) in [7, 11) is 4.52. The summed E-state index contributed by atoms with van der Waals surface area (Å²) in [6.07, 6.45) is 0.213. The van der Waals surface area contributed by atoms with E-state index in [1.165, 1.54) is 14.2 Å². The highest BCUT2D eigenvalue weighted by molar-refractivity contribution is 6.03. The molecule has 0 fully saturated rings. The van der Waals surface area contributed by atoms with Gasteiger partial charge < -0.3 is 14.4 Å². The average molecular weight is 389 g/mol. The number of esters is 2. The number of anilines is 1. The molecule has 0 aliphatic carbocycles. The lowest BCUT2D eigenvalue weighted by Crippen LogP contribution is -2.55. The zero-order chi connectivity index (χ0) is 20.6. The van der Waals surface area contributed by atoms with Crippen molar-refractivity contribution in [3.8, 4) is 0 Å². The molecule has 0 aromatic heterocycles. The maximum atomic E-state index is 13.1. The van der Waals surface area contributed by atoms with Gasteiger partial charge in [0.25, 0.3) is 0 Å². The van der Waals surface area contributed by atoms with Gasteiger partial charge in [-0.15, -0.1) is 0 Å². The highest BCUT2D eigenvalue weighted by Gasteiger charge is 2.59. The van der Waals surface area contributed by atoms with Crippen molar-refractivity contribution in [2.45, 2.75) is 12.5 Å². The molecule has 5 heteroatoms. The van der Waals surface area contributed by atoms with Gasteiger partial charge in [-0.1, -0.05) is 54.6 Å². The maximum Gasteiger partial charge on any atom is 0.326 e. The fourth-order valence-corrected chi connectivity index (χ4v) is 4.57. The molecule has 148 valence electrons. The minimum Gasteiger partial charge on any atom is -0.468 e. The van der Waals surface area contributed by atoms with Gasteiger partial charge in [0, 0.05) is 19.2 Å². The highest BCUT2D eigenvalue weighted by atomic mass is 16.5. The van der Waals surface area contributed by atoms with Gasteiger partial charge in [-0.2, -0.15) is 0 Å². The number of methoxy groups -OCH3 is 2. The van der Waals surface area contributed by atoms with Crippen molar-refractivity contribution in [3.05, 3.63) is 77.9 Å². The summed E-state index contributed by atoms with van der Waals surface area (Å²) in [4.78, 5) is 28.3. The number of carbonyl (C=O) groups is 2. The van der Waals surface area contributed by atoms with Crippen LogP contribution in [0.3, 0.4) is 0 Å². The van der Waals surface area contributed by atoms with Crippen LogP contribution in [0, 0.1) is 5.41 Å². The molecule has 29 heavy (non-hydrogen) atoms. The molecule has 4 rings (SSSR count). The quantitative estimate of drug-likeness (QED) is 0.502. The van der Waals surface area contributed by atoms with Crippen LogP contribution in [-0.4, -0.2) is 33.2 Å². The molecule has 1 unspecified atom stereocenters. The molecule has 0 amide bonds. The normalized spacial score (nSPS) is 17.5. The van der Waals surface area contributed by atoms with Gasteiger partial charge in [-0.05, 0) is 34.0 Å². The first-order chi connectivity index (χ1) is 14.0. The number of hydrogen-bond donors (Lipinski definition) is 0. The second-order valence-corrected chi connectivity index (χ2v) is 7.38. The Morgan fingerprint density at radius 2 is 1.52 bits per heavy atom. The van der Waals surface area contributed by atoms with Gasteiger partial charge in [0.05, 0.1) is 20.3 Å². The Labute approximate surface area is 169 Å². The molecule has 0 radical (unpaired) electrons. The van der Waals surface area contributed by atoms with Crippen LogP contribution in [0.5, 0.6) is 0 Å². The third-order valence-corrected chi connectivity index (χ3v) is 5.88. The lowest BCUT2D eigenvalue weighted by Gasteiger charge is -2.46. The first kappa shape index (κ1) is 19.0. The first-order valence-electron chi connectivity index (χ1n) is 9.49. The number of fused-ring (bicyclic) bond motifs is 2. The topological polar surface area (TPSA) is 55.8 Å². The van der Waals surface area contributed by atoms with Gasteiger partial charge in [-0.25, -0.2) is 0 Å². The molecule has 1 atom stereocenters. The molecule has 5 nitrogen and oxygen atoms in total. The van der Waals surface area contributed by atoms with E-state index in [9.17, 15) is 9.59 Å². The van der Waals surface area contributed by atoms with Crippen LogP contribution in [-0.2, 0) is 25.5 Å². The number of ether oxygens (including phenoxy) is 2. The Balaban J connectivity index is 1.99.